The van der Waals surface area contributed by atoms with E-state index in [2.05, 4.69) is 11.9 Å². The fraction of sp³-hybridized carbons (Fsp3) is 0.412. The van der Waals surface area contributed by atoms with Crippen LogP contribution in [0.25, 0.3) is 0 Å². The smallest absolute Gasteiger partial charge is 0.307 e. The molecule has 0 atom stereocenters. The second-order valence-corrected chi connectivity index (χ2v) is 5.36. The molecule has 0 heterocycles. The van der Waals surface area contributed by atoms with Gasteiger partial charge in [-0.25, -0.2) is 9.38 Å². The van der Waals surface area contributed by atoms with Crippen molar-refractivity contribution in [3.8, 4) is 0 Å². The van der Waals surface area contributed by atoms with E-state index < -0.39 is 5.97 Å². The number of allylic oxidation sites excluding steroid dienone is 1. The van der Waals surface area contributed by atoms with Crippen molar-refractivity contribution in [2.24, 2.45) is 10.7 Å². The topological polar surface area (TPSA) is 75.7 Å². The zero-order chi connectivity index (χ0) is 16.7. The lowest BCUT2D eigenvalue weighted by atomic mass is 10.1. The summed E-state index contributed by atoms with van der Waals surface area (Å²) in [6.45, 7) is 5.47. The number of amidine groups is 1. The number of unbranched alkanes of at least 4 members (excludes halogenated alkanes) is 1. The van der Waals surface area contributed by atoms with Gasteiger partial charge in [0.05, 0.1) is 6.42 Å². The molecule has 0 aliphatic heterocycles. The molecule has 0 saturated heterocycles. The lowest BCUT2D eigenvalue weighted by Gasteiger charge is -2.09. The van der Waals surface area contributed by atoms with Crippen molar-refractivity contribution in [2.75, 3.05) is 0 Å². The van der Waals surface area contributed by atoms with Crippen LogP contribution in [-0.2, 0) is 4.79 Å². The molecule has 0 spiro atoms. The van der Waals surface area contributed by atoms with Crippen LogP contribution >= 0.6 is 0 Å². The summed E-state index contributed by atoms with van der Waals surface area (Å²) >= 11 is 0. The first-order chi connectivity index (χ1) is 10.3. The highest BCUT2D eigenvalue weighted by atomic mass is 19.1. The summed E-state index contributed by atoms with van der Waals surface area (Å²) in [4.78, 5) is 15.3. The van der Waals surface area contributed by atoms with E-state index in [1.54, 1.807) is 26.0 Å². The van der Waals surface area contributed by atoms with Crippen LogP contribution in [0.5, 0.6) is 0 Å². The molecule has 0 aromatic heterocycles. The Balaban J connectivity index is 3.13. The van der Waals surface area contributed by atoms with Crippen molar-refractivity contribution < 1.29 is 14.3 Å². The van der Waals surface area contributed by atoms with Crippen LogP contribution in [0.4, 0.5) is 4.39 Å². The van der Waals surface area contributed by atoms with Crippen LogP contribution < -0.4 is 5.73 Å². The average molecular weight is 306 g/mol. The van der Waals surface area contributed by atoms with Crippen molar-refractivity contribution in [2.45, 2.75) is 46.5 Å². The molecular formula is C17H23FN2O2. The molecule has 3 N–H and O–H groups in total. The summed E-state index contributed by atoms with van der Waals surface area (Å²) in [7, 11) is 0. The Morgan fingerprint density at radius 1 is 1.41 bits per heavy atom. The number of carboxylic acids is 1. The van der Waals surface area contributed by atoms with E-state index in [4.69, 9.17) is 10.8 Å². The van der Waals surface area contributed by atoms with Gasteiger partial charge >= 0.3 is 5.97 Å². The van der Waals surface area contributed by atoms with Crippen LogP contribution in [0.15, 0.2) is 34.5 Å². The third kappa shape index (κ3) is 5.31. The Hall–Kier alpha value is -2.17. The Kier molecular flexibility index (Phi) is 6.76. The summed E-state index contributed by atoms with van der Waals surface area (Å²) in [6.07, 6.45) is 2.51. The van der Waals surface area contributed by atoms with E-state index in [1.807, 2.05) is 0 Å². The number of aryl methyl sites for hydroxylation is 1. The van der Waals surface area contributed by atoms with Gasteiger partial charge in [0.15, 0.2) is 0 Å². The molecule has 0 radical (unpaired) electrons. The summed E-state index contributed by atoms with van der Waals surface area (Å²) in [6, 6.07) is 4.57. The number of halogens is 1. The molecule has 0 unspecified atom stereocenters. The second kappa shape index (κ2) is 8.32. The van der Waals surface area contributed by atoms with Crippen LogP contribution in [0.3, 0.4) is 0 Å². The number of nitrogens with two attached hydrogens (primary N) is 1. The van der Waals surface area contributed by atoms with Crippen molar-refractivity contribution in [3.63, 3.8) is 0 Å². The number of carbonyl (C=O) groups is 1. The van der Waals surface area contributed by atoms with E-state index in [0.29, 0.717) is 28.8 Å². The fourth-order valence-electron chi connectivity index (χ4n) is 2.05. The van der Waals surface area contributed by atoms with Crippen molar-refractivity contribution in [1.82, 2.24) is 0 Å². The van der Waals surface area contributed by atoms with Crippen LogP contribution in [0, 0.1) is 12.7 Å². The summed E-state index contributed by atoms with van der Waals surface area (Å²) in [5.74, 6) is -0.905. The van der Waals surface area contributed by atoms with Gasteiger partial charge in [0.2, 0.25) is 0 Å². The van der Waals surface area contributed by atoms with Gasteiger partial charge in [-0.05, 0) is 56.0 Å². The Bertz CT molecular complexity index is 607. The number of hydrogen-bond donors (Lipinski definition) is 2. The minimum Gasteiger partial charge on any atom is -0.481 e. The van der Waals surface area contributed by atoms with E-state index in [9.17, 15) is 9.18 Å². The predicted octanol–water partition coefficient (Wildman–Crippen LogP) is 3.78. The molecule has 4 nitrogen and oxygen atoms in total. The van der Waals surface area contributed by atoms with Gasteiger partial charge in [-0.2, -0.15) is 0 Å². The minimum atomic E-state index is -0.891. The molecule has 0 bridgehead atoms. The summed E-state index contributed by atoms with van der Waals surface area (Å²) in [5.41, 5.74) is 8.53. The van der Waals surface area contributed by atoms with E-state index in [0.717, 1.165) is 12.8 Å². The highest BCUT2D eigenvalue weighted by Crippen LogP contribution is 2.18. The molecule has 120 valence electrons. The largest absolute Gasteiger partial charge is 0.481 e. The standard InChI is InChI=1S/C17H23FN2O2/c1-4-5-6-15(12(3)10-16(21)22)20-17(19)13-7-8-14(18)11(2)9-13/h7-9H,4-6,10H2,1-3H3,(H2,19,20)(H,21,22)/b15-12+. The third-order valence-electron chi connectivity index (χ3n) is 3.39. The molecule has 0 saturated carbocycles. The zero-order valence-electron chi connectivity index (χ0n) is 13.3. The normalized spacial score (nSPS) is 13.0. The molecule has 0 aliphatic rings. The summed E-state index contributed by atoms with van der Waals surface area (Å²) in [5, 5.41) is 8.92. The number of carboxylic acid groups (broad SMARTS) is 1. The SMILES string of the molecule is CCCC/C(N=C(N)c1ccc(F)c(C)c1)=C(/C)CC(=O)O. The van der Waals surface area contributed by atoms with Gasteiger partial charge in [-0.15, -0.1) is 0 Å². The Morgan fingerprint density at radius 2 is 2.09 bits per heavy atom. The van der Waals surface area contributed by atoms with Crippen molar-refractivity contribution in [3.05, 3.63) is 46.4 Å². The maximum absolute atomic E-state index is 13.3. The number of aliphatic imine (C=N–C) groups is 1. The fourth-order valence-corrected chi connectivity index (χ4v) is 2.05. The number of aliphatic carboxylic acids is 1. The molecule has 1 aromatic rings. The van der Waals surface area contributed by atoms with Crippen molar-refractivity contribution in [1.29, 1.82) is 0 Å². The van der Waals surface area contributed by atoms with E-state index >= 15 is 0 Å². The van der Waals surface area contributed by atoms with Gasteiger partial charge in [0.1, 0.15) is 11.7 Å². The lowest BCUT2D eigenvalue weighted by Crippen LogP contribution is -2.14. The predicted molar refractivity (Wildman–Crippen MR) is 86.3 cm³/mol. The Morgan fingerprint density at radius 3 is 2.64 bits per heavy atom. The molecule has 5 heteroatoms. The van der Waals surface area contributed by atoms with Crippen molar-refractivity contribution >= 4 is 11.8 Å². The molecule has 0 amide bonds. The van der Waals surface area contributed by atoms with Gasteiger partial charge in [-0.1, -0.05) is 13.3 Å². The highest BCUT2D eigenvalue weighted by Gasteiger charge is 2.08. The third-order valence-corrected chi connectivity index (χ3v) is 3.39. The molecule has 22 heavy (non-hydrogen) atoms. The maximum atomic E-state index is 13.3. The molecule has 1 aromatic carbocycles. The van der Waals surface area contributed by atoms with E-state index in [-0.39, 0.29) is 18.1 Å². The maximum Gasteiger partial charge on any atom is 0.307 e. The van der Waals surface area contributed by atoms with Gasteiger partial charge in [-0.3, -0.25) is 4.79 Å². The van der Waals surface area contributed by atoms with Crippen LogP contribution in [0.2, 0.25) is 0 Å². The van der Waals surface area contributed by atoms with Crippen LogP contribution in [0.1, 0.15) is 50.7 Å². The summed E-state index contributed by atoms with van der Waals surface area (Å²) < 4.78 is 13.3. The highest BCUT2D eigenvalue weighted by molar-refractivity contribution is 5.98. The number of rotatable bonds is 7. The zero-order valence-corrected chi connectivity index (χ0v) is 13.3. The average Bonchev–Trinajstić information content (AvgIpc) is 2.45. The number of hydrogen-bond acceptors (Lipinski definition) is 2. The second-order valence-electron chi connectivity index (χ2n) is 5.36. The van der Waals surface area contributed by atoms with Gasteiger partial charge in [0.25, 0.3) is 0 Å². The quantitative estimate of drug-likeness (QED) is 0.594. The molecular weight excluding hydrogens is 283 g/mol. The first-order valence-electron chi connectivity index (χ1n) is 7.36. The first-order valence-corrected chi connectivity index (χ1v) is 7.36. The number of nitrogens with zero attached hydrogens (tertiary/aromatic N) is 1. The first kappa shape index (κ1) is 17.9. The lowest BCUT2D eigenvalue weighted by molar-refractivity contribution is -0.136. The molecule has 0 aliphatic carbocycles. The molecule has 1 rings (SSSR count). The van der Waals surface area contributed by atoms with Gasteiger partial charge < -0.3 is 10.8 Å². The molecule has 0 fully saturated rings. The minimum absolute atomic E-state index is 0.0573. The Labute approximate surface area is 130 Å². The monoisotopic (exact) mass is 306 g/mol. The number of benzene rings is 1. The van der Waals surface area contributed by atoms with Crippen LogP contribution in [-0.4, -0.2) is 16.9 Å². The van der Waals surface area contributed by atoms with Gasteiger partial charge in [0, 0.05) is 11.3 Å². The van der Waals surface area contributed by atoms with E-state index in [1.165, 1.54) is 6.07 Å².